The van der Waals surface area contributed by atoms with Crippen LogP contribution in [0.15, 0.2) is 60.7 Å². The molecule has 5 nitrogen and oxygen atoms in total. The second-order valence-electron chi connectivity index (χ2n) is 4.80. The quantitative estimate of drug-likeness (QED) is 0.745. The summed E-state index contributed by atoms with van der Waals surface area (Å²) in [4.78, 5) is 23.9. The summed E-state index contributed by atoms with van der Waals surface area (Å²) in [6.07, 6.45) is 0. The number of rotatable bonds is 4. The lowest BCUT2D eigenvalue weighted by molar-refractivity contribution is 0.0690. The molecule has 1 heterocycles. The van der Waals surface area contributed by atoms with Crippen LogP contribution in [0.4, 0.5) is 0 Å². The van der Waals surface area contributed by atoms with Crippen LogP contribution >= 0.6 is 11.6 Å². The van der Waals surface area contributed by atoms with Gasteiger partial charge in [-0.2, -0.15) is 5.10 Å². The first kappa shape index (κ1) is 15.0. The van der Waals surface area contributed by atoms with Crippen molar-refractivity contribution in [3.05, 3.63) is 82.6 Å². The lowest BCUT2D eigenvalue weighted by atomic mass is 10.1. The van der Waals surface area contributed by atoms with Gasteiger partial charge in [-0.25, -0.2) is 9.48 Å². The maximum Gasteiger partial charge on any atom is 0.356 e. The van der Waals surface area contributed by atoms with E-state index in [0.29, 0.717) is 16.3 Å². The highest BCUT2D eigenvalue weighted by Gasteiger charge is 2.20. The molecule has 0 aliphatic rings. The van der Waals surface area contributed by atoms with E-state index >= 15 is 0 Å². The van der Waals surface area contributed by atoms with Gasteiger partial charge < -0.3 is 5.11 Å². The van der Waals surface area contributed by atoms with Gasteiger partial charge in [-0.15, -0.1) is 0 Å². The number of carboxylic acid groups (broad SMARTS) is 1. The van der Waals surface area contributed by atoms with E-state index in [1.807, 2.05) is 0 Å². The molecule has 0 amide bonds. The van der Waals surface area contributed by atoms with E-state index in [9.17, 15) is 9.59 Å². The number of benzene rings is 2. The molecule has 0 saturated heterocycles. The zero-order valence-corrected chi connectivity index (χ0v) is 12.6. The van der Waals surface area contributed by atoms with Gasteiger partial charge in [0.25, 0.3) is 0 Å². The van der Waals surface area contributed by atoms with Gasteiger partial charge in [0.05, 0.1) is 5.69 Å². The molecule has 0 aliphatic carbocycles. The summed E-state index contributed by atoms with van der Waals surface area (Å²) >= 11 is 5.86. The summed E-state index contributed by atoms with van der Waals surface area (Å²) in [6.45, 7) is 0. The van der Waals surface area contributed by atoms with E-state index in [-0.39, 0.29) is 17.2 Å². The van der Waals surface area contributed by atoms with Crippen molar-refractivity contribution in [3.8, 4) is 5.69 Å². The number of carbonyl (C=O) groups excluding carboxylic acids is 1. The molecular formula is C17H11ClN2O3. The van der Waals surface area contributed by atoms with Crippen molar-refractivity contribution < 1.29 is 14.7 Å². The molecule has 0 aliphatic heterocycles. The molecule has 0 radical (unpaired) electrons. The predicted octanol–water partition coefficient (Wildman–Crippen LogP) is 3.45. The molecule has 0 bridgehead atoms. The molecule has 114 valence electrons. The fraction of sp³-hybridized carbons (Fsp3) is 0. The Balaban J connectivity index is 2.13. The summed E-state index contributed by atoms with van der Waals surface area (Å²) in [5.74, 6) is -1.50. The minimum absolute atomic E-state index is 0.177. The standard InChI is InChI=1S/C17H11ClN2O3/c18-12-6-8-13(9-7-12)20-15(10-14(19-20)17(22)23)16(21)11-4-2-1-3-5-11/h1-10H,(H,22,23). The third kappa shape index (κ3) is 3.00. The van der Waals surface area contributed by atoms with E-state index in [2.05, 4.69) is 5.10 Å². The predicted molar refractivity (Wildman–Crippen MR) is 85.4 cm³/mol. The van der Waals surface area contributed by atoms with E-state index < -0.39 is 5.97 Å². The average molecular weight is 327 g/mol. The first-order valence-electron chi connectivity index (χ1n) is 6.75. The monoisotopic (exact) mass is 326 g/mol. The number of aromatic nitrogens is 2. The molecule has 6 heteroatoms. The number of carbonyl (C=O) groups is 2. The Morgan fingerprint density at radius 2 is 1.65 bits per heavy atom. The SMILES string of the molecule is O=C(O)c1cc(C(=O)c2ccccc2)n(-c2ccc(Cl)cc2)n1. The summed E-state index contributed by atoms with van der Waals surface area (Å²) in [6, 6.07) is 16.5. The van der Waals surface area contributed by atoms with Crippen molar-refractivity contribution in [2.45, 2.75) is 0 Å². The van der Waals surface area contributed by atoms with Crippen LogP contribution in [0.3, 0.4) is 0 Å². The van der Waals surface area contributed by atoms with Crippen LogP contribution in [-0.2, 0) is 0 Å². The van der Waals surface area contributed by atoms with Crippen molar-refractivity contribution >= 4 is 23.4 Å². The lowest BCUT2D eigenvalue weighted by Gasteiger charge is -2.06. The number of aromatic carboxylic acids is 1. The molecule has 23 heavy (non-hydrogen) atoms. The summed E-state index contributed by atoms with van der Waals surface area (Å²) < 4.78 is 1.31. The van der Waals surface area contributed by atoms with Crippen LogP contribution in [0.25, 0.3) is 5.69 Å². The van der Waals surface area contributed by atoms with Gasteiger partial charge in [-0.3, -0.25) is 4.79 Å². The van der Waals surface area contributed by atoms with Crippen LogP contribution in [0, 0.1) is 0 Å². The first-order chi connectivity index (χ1) is 11.1. The van der Waals surface area contributed by atoms with Crippen molar-refractivity contribution in [2.24, 2.45) is 0 Å². The molecule has 3 aromatic rings. The van der Waals surface area contributed by atoms with Crippen LogP contribution in [0.2, 0.25) is 5.02 Å². The van der Waals surface area contributed by atoms with E-state index in [1.54, 1.807) is 54.6 Å². The molecule has 1 aromatic heterocycles. The molecule has 0 spiro atoms. The molecule has 0 atom stereocenters. The first-order valence-corrected chi connectivity index (χ1v) is 7.13. The zero-order chi connectivity index (χ0) is 16.4. The molecule has 0 unspecified atom stereocenters. The van der Waals surface area contributed by atoms with Crippen molar-refractivity contribution in [2.75, 3.05) is 0 Å². The molecule has 0 fully saturated rings. The van der Waals surface area contributed by atoms with Crippen LogP contribution < -0.4 is 0 Å². The Morgan fingerprint density at radius 3 is 2.26 bits per heavy atom. The minimum atomic E-state index is -1.19. The summed E-state index contributed by atoms with van der Waals surface area (Å²) in [5.41, 5.74) is 0.996. The number of carboxylic acids is 1. The Kier molecular flexibility index (Phi) is 3.95. The number of hydrogen-bond acceptors (Lipinski definition) is 3. The van der Waals surface area contributed by atoms with E-state index in [4.69, 9.17) is 16.7 Å². The molecular weight excluding hydrogens is 316 g/mol. The highest BCUT2D eigenvalue weighted by atomic mass is 35.5. The molecule has 3 rings (SSSR count). The maximum atomic E-state index is 12.7. The van der Waals surface area contributed by atoms with Crippen LogP contribution in [0.5, 0.6) is 0 Å². The molecule has 0 saturated carbocycles. The second-order valence-corrected chi connectivity index (χ2v) is 5.24. The summed E-state index contributed by atoms with van der Waals surface area (Å²) in [7, 11) is 0. The Morgan fingerprint density at radius 1 is 1.00 bits per heavy atom. The number of ketones is 1. The van der Waals surface area contributed by atoms with Crippen molar-refractivity contribution in [3.63, 3.8) is 0 Å². The van der Waals surface area contributed by atoms with Crippen LogP contribution in [-0.4, -0.2) is 26.6 Å². The molecule has 2 aromatic carbocycles. The zero-order valence-electron chi connectivity index (χ0n) is 11.8. The molecule has 1 N–H and O–H groups in total. The highest BCUT2D eigenvalue weighted by molar-refractivity contribution is 6.30. The average Bonchev–Trinajstić information content (AvgIpc) is 3.01. The largest absolute Gasteiger partial charge is 0.476 e. The summed E-state index contributed by atoms with van der Waals surface area (Å²) in [5, 5.41) is 13.7. The van der Waals surface area contributed by atoms with Gasteiger partial charge in [-0.1, -0.05) is 41.9 Å². The third-order valence-corrected chi connectivity index (χ3v) is 3.52. The fourth-order valence-corrected chi connectivity index (χ4v) is 2.29. The smallest absolute Gasteiger partial charge is 0.356 e. The number of halogens is 1. The topological polar surface area (TPSA) is 72.2 Å². The normalized spacial score (nSPS) is 10.5. The van der Waals surface area contributed by atoms with Gasteiger partial charge in [-0.05, 0) is 24.3 Å². The Hall–Kier alpha value is -2.92. The number of hydrogen-bond donors (Lipinski definition) is 1. The van der Waals surface area contributed by atoms with E-state index in [1.165, 1.54) is 10.7 Å². The number of nitrogens with zero attached hydrogens (tertiary/aromatic N) is 2. The van der Waals surface area contributed by atoms with Gasteiger partial charge in [0.1, 0.15) is 5.69 Å². The second kappa shape index (κ2) is 6.06. The van der Waals surface area contributed by atoms with Gasteiger partial charge in [0, 0.05) is 16.7 Å². The van der Waals surface area contributed by atoms with Crippen molar-refractivity contribution in [1.82, 2.24) is 9.78 Å². The van der Waals surface area contributed by atoms with Crippen LogP contribution in [0.1, 0.15) is 26.5 Å². The maximum absolute atomic E-state index is 12.7. The fourth-order valence-electron chi connectivity index (χ4n) is 2.16. The highest BCUT2D eigenvalue weighted by Crippen LogP contribution is 2.19. The third-order valence-electron chi connectivity index (χ3n) is 3.27. The van der Waals surface area contributed by atoms with E-state index in [0.717, 1.165) is 0 Å². The Bertz CT molecular complexity index is 871. The minimum Gasteiger partial charge on any atom is -0.476 e. The van der Waals surface area contributed by atoms with Gasteiger partial charge in [0.2, 0.25) is 5.78 Å². The lowest BCUT2D eigenvalue weighted by Crippen LogP contribution is -2.10. The Labute approximate surface area is 136 Å². The van der Waals surface area contributed by atoms with Gasteiger partial charge >= 0.3 is 5.97 Å². The van der Waals surface area contributed by atoms with Crippen molar-refractivity contribution in [1.29, 1.82) is 0 Å². The van der Waals surface area contributed by atoms with Gasteiger partial charge in [0.15, 0.2) is 5.69 Å².